The molecule has 2 aliphatic heterocycles. The lowest BCUT2D eigenvalue weighted by molar-refractivity contribution is -0.137. The average molecular weight is 317 g/mol. The van der Waals surface area contributed by atoms with Crippen molar-refractivity contribution in [1.82, 2.24) is 4.98 Å². The van der Waals surface area contributed by atoms with Crippen molar-refractivity contribution in [2.24, 2.45) is 0 Å². The van der Waals surface area contributed by atoms with Gasteiger partial charge in [-0.25, -0.2) is 4.98 Å². The fraction of sp³-hybridized carbons (Fsp3) is 0.235. The number of aromatic nitrogens is 1. The van der Waals surface area contributed by atoms with Gasteiger partial charge in [0.2, 0.25) is 0 Å². The van der Waals surface area contributed by atoms with Crippen LogP contribution >= 0.6 is 0 Å². The summed E-state index contributed by atoms with van der Waals surface area (Å²) in [6, 6.07) is 9.23. The Morgan fingerprint density at radius 1 is 1.17 bits per heavy atom. The summed E-state index contributed by atoms with van der Waals surface area (Å²) in [6.45, 7) is 0.883. The molecule has 2 aliphatic rings. The molecular formula is C17H14F3N3. The summed E-state index contributed by atoms with van der Waals surface area (Å²) < 4.78 is 38.7. The standard InChI is InChI=1S/C17H14F3N3/c1-22-13-7-8-23(10-13)15-6-5-14(21-16(15)22)11-3-2-4-12(9-11)17(18,19)20/h2-9,13H,10H2,1H3/t13-/m0/s1. The number of halogens is 3. The van der Waals surface area contributed by atoms with Crippen molar-refractivity contribution in [3.63, 3.8) is 0 Å². The van der Waals surface area contributed by atoms with Crippen molar-refractivity contribution < 1.29 is 13.2 Å². The molecule has 1 atom stereocenters. The Balaban J connectivity index is 1.78. The highest BCUT2D eigenvalue weighted by molar-refractivity contribution is 5.77. The van der Waals surface area contributed by atoms with E-state index in [-0.39, 0.29) is 6.04 Å². The van der Waals surface area contributed by atoms with Gasteiger partial charge in [-0.2, -0.15) is 13.2 Å². The fourth-order valence-electron chi connectivity index (χ4n) is 3.05. The predicted molar refractivity (Wildman–Crippen MR) is 83.4 cm³/mol. The minimum atomic E-state index is -4.35. The Hall–Kier alpha value is -2.50. The summed E-state index contributed by atoms with van der Waals surface area (Å²) in [5.74, 6) is 0.793. The van der Waals surface area contributed by atoms with Gasteiger partial charge < -0.3 is 9.80 Å². The Bertz CT molecular complexity index is 798. The summed E-state index contributed by atoms with van der Waals surface area (Å²) in [4.78, 5) is 8.78. The molecule has 0 unspecified atom stereocenters. The van der Waals surface area contributed by atoms with Crippen LogP contribution in [-0.4, -0.2) is 24.6 Å². The highest BCUT2D eigenvalue weighted by Gasteiger charge is 2.32. The molecule has 0 radical (unpaired) electrons. The van der Waals surface area contributed by atoms with Crippen LogP contribution in [0.4, 0.5) is 24.7 Å². The van der Waals surface area contributed by atoms with Crippen molar-refractivity contribution in [3.05, 3.63) is 54.2 Å². The first-order valence-corrected chi connectivity index (χ1v) is 7.30. The smallest absolute Gasteiger partial charge is 0.350 e. The maximum Gasteiger partial charge on any atom is 0.416 e. The van der Waals surface area contributed by atoms with Gasteiger partial charge in [0.15, 0.2) is 5.82 Å². The number of alkyl halides is 3. The third kappa shape index (κ3) is 2.25. The molecular weight excluding hydrogens is 303 g/mol. The molecule has 0 spiro atoms. The van der Waals surface area contributed by atoms with Gasteiger partial charge in [0.1, 0.15) is 0 Å². The molecule has 2 aromatic rings. The molecule has 3 nitrogen and oxygen atoms in total. The largest absolute Gasteiger partial charge is 0.416 e. The minimum absolute atomic E-state index is 0.256. The zero-order valence-electron chi connectivity index (χ0n) is 12.4. The van der Waals surface area contributed by atoms with E-state index >= 15 is 0 Å². The molecule has 0 N–H and O–H groups in total. The van der Waals surface area contributed by atoms with Gasteiger partial charge in [0.05, 0.1) is 23.0 Å². The second-order valence-electron chi connectivity index (χ2n) is 5.79. The summed E-state index contributed by atoms with van der Waals surface area (Å²) >= 11 is 0. The number of likely N-dealkylation sites (N-methyl/N-ethyl adjacent to an activating group) is 1. The summed E-state index contributed by atoms with van der Waals surface area (Å²) in [5.41, 5.74) is 1.34. The van der Waals surface area contributed by atoms with Crippen LogP contribution in [0.25, 0.3) is 11.3 Å². The highest BCUT2D eigenvalue weighted by Crippen LogP contribution is 2.38. The second kappa shape index (κ2) is 4.75. The molecule has 118 valence electrons. The third-order valence-corrected chi connectivity index (χ3v) is 4.35. The molecule has 1 aromatic heterocycles. The van der Waals surface area contributed by atoms with Crippen LogP contribution in [0.3, 0.4) is 0 Å². The molecule has 0 fully saturated rings. The maximum absolute atomic E-state index is 12.9. The number of anilines is 2. The van der Waals surface area contributed by atoms with Crippen molar-refractivity contribution in [2.75, 3.05) is 23.4 Å². The Morgan fingerprint density at radius 3 is 2.78 bits per heavy atom. The van der Waals surface area contributed by atoms with Crippen molar-refractivity contribution >= 4 is 11.5 Å². The number of hydrogen-bond acceptors (Lipinski definition) is 3. The summed E-state index contributed by atoms with van der Waals surface area (Å²) in [6.07, 6.45) is -0.222. The minimum Gasteiger partial charge on any atom is -0.350 e. The molecule has 3 heterocycles. The first-order chi connectivity index (χ1) is 10.9. The number of rotatable bonds is 1. The van der Waals surface area contributed by atoms with E-state index < -0.39 is 11.7 Å². The monoisotopic (exact) mass is 317 g/mol. The van der Waals surface area contributed by atoms with Crippen molar-refractivity contribution in [1.29, 1.82) is 0 Å². The van der Waals surface area contributed by atoms with E-state index in [1.165, 1.54) is 6.07 Å². The van der Waals surface area contributed by atoms with Gasteiger partial charge in [-0.3, -0.25) is 0 Å². The lowest BCUT2D eigenvalue weighted by Gasteiger charge is -2.34. The van der Waals surface area contributed by atoms with Gasteiger partial charge >= 0.3 is 6.18 Å². The average Bonchev–Trinajstić information content (AvgIpc) is 2.98. The van der Waals surface area contributed by atoms with Gasteiger partial charge in [-0.15, -0.1) is 0 Å². The highest BCUT2D eigenvalue weighted by atomic mass is 19.4. The van der Waals surface area contributed by atoms with Crippen molar-refractivity contribution in [3.8, 4) is 11.3 Å². The van der Waals surface area contributed by atoms with Gasteiger partial charge in [-0.1, -0.05) is 12.1 Å². The topological polar surface area (TPSA) is 19.4 Å². The Kier molecular flexibility index (Phi) is 2.91. The van der Waals surface area contributed by atoms with Crippen LogP contribution in [0.15, 0.2) is 48.7 Å². The molecule has 0 amide bonds. The maximum atomic E-state index is 12.9. The van der Waals surface area contributed by atoms with Crippen LogP contribution in [0, 0.1) is 0 Å². The Labute approximate surface area is 131 Å². The van der Waals surface area contributed by atoms with Gasteiger partial charge in [0, 0.05) is 25.4 Å². The summed E-state index contributed by atoms with van der Waals surface area (Å²) in [5, 5.41) is 0. The SMILES string of the molecule is CN1c2nc(-c3cccc(C(F)(F)F)c3)ccc2N2C=C[C@H]1C2. The fourth-order valence-corrected chi connectivity index (χ4v) is 3.05. The van der Waals surface area contributed by atoms with E-state index in [4.69, 9.17) is 0 Å². The molecule has 0 aliphatic carbocycles. The first kappa shape index (κ1) is 14.1. The molecule has 1 aromatic carbocycles. The van der Waals surface area contributed by atoms with E-state index in [0.29, 0.717) is 11.3 Å². The van der Waals surface area contributed by atoms with E-state index in [0.717, 1.165) is 30.2 Å². The van der Waals surface area contributed by atoms with Crippen LogP contribution in [-0.2, 0) is 6.18 Å². The summed E-state index contributed by atoms with van der Waals surface area (Å²) in [7, 11) is 1.96. The number of fused-ring (bicyclic) bond motifs is 4. The predicted octanol–water partition coefficient (Wildman–Crippen LogP) is 3.92. The van der Waals surface area contributed by atoms with E-state index in [2.05, 4.69) is 20.9 Å². The van der Waals surface area contributed by atoms with Crippen LogP contribution in [0.5, 0.6) is 0 Å². The zero-order chi connectivity index (χ0) is 16.2. The molecule has 6 heteroatoms. The van der Waals surface area contributed by atoms with Crippen LogP contribution in [0.1, 0.15) is 5.56 Å². The lowest BCUT2D eigenvalue weighted by atomic mass is 10.1. The van der Waals surface area contributed by atoms with E-state index in [1.54, 1.807) is 12.1 Å². The van der Waals surface area contributed by atoms with E-state index in [9.17, 15) is 13.2 Å². The molecule has 0 saturated heterocycles. The normalized spacial score (nSPS) is 19.2. The lowest BCUT2D eigenvalue weighted by Crippen LogP contribution is -2.40. The van der Waals surface area contributed by atoms with Crippen molar-refractivity contribution in [2.45, 2.75) is 12.2 Å². The van der Waals surface area contributed by atoms with Gasteiger partial charge in [-0.05, 0) is 30.3 Å². The Morgan fingerprint density at radius 2 is 2.00 bits per heavy atom. The quantitative estimate of drug-likeness (QED) is 0.795. The molecule has 0 saturated carbocycles. The molecule has 23 heavy (non-hydrogen) atoms. The van der Waals surface area contributed by atoms with E-state index in [1.807, 2.05) is 19.3 Å². The van der Waals surface area contributed by atoms with Gasteiger partial charge in [0.25, 0.3) is 0 Å². The van der Waals surface area contributed by atoms with Crippen LogP contribution in [0.2, 0.25) is 0 Å². The second-order valence-corrected chi connectivity index (χ2v) is 5.79. The number of benzene rings is 1. The molecule has 2 bridgehead atoms. The number of pyridine rings is 1. The first-order valence-electron chi connectivity index (χ1n) is 7.30. The zero-order valence-corrected chi connectivity index (χ0v) is 12.4. The number of hydrogen-bond donors (Lipinski definition) is 0. The third-order valence-electron chi connectivity index (χ3n) is 4.35. The number of nitrogens with zero attached hydrogens (tertiary/aromatic N) is 3. The molecule has 4 rings (SSSR count). The van der Waals surface area contributed by atoms with Crippen LogP contribution < -0.4 is 9.80 Å².